The summed E-state index contributed by atoms with van der Waals surface area (Å²) in [5, 5.41) is 0.362. The Kier molecular flexibility index (Phi) is 6.97. The molecule has 0 aliphatic carbocycles. The molecule has 12 heavy (non-hydrogen) atoms. The number of rotatable bonds is 4. The zero-order valence-electron chi connectivity index (χ0n) is 8.12. The highest BCUT2D eigenvalue weighted by Crippen LogP contribution is 2.00. The number of hydrogen-bond donors (Lipinski definition) is 1. The Labute approximate surface area is 81.5 Å². The molecule has 1 unspecified atom stereocenters. The van der Waals surface area contributed by atoms with Crippen LogP contribution in [-0.2, 0) is 0 Å². The van der Waals surface area contributed by atoms with Crippen LogP contribution in [0.1, 0.15) is 27.2 Å². The third kappa shape index (κ3) is 7.67. The summed E-state index contributed by atoms with van der Waals surface area (Å²) in [6, 6.07) is 0. The molecule has 0 aliphatic heterocycles. The highest BCUT2D eigenvalue weighted by atomic mass is 32.1. The highest BCUT2D eigenvalue weighted by Gasteiger charge is 1.82. The molecule has 0 rings (SSSR count). The van der Waals surface area contributed by atoms with Crippen molar-refractivity contribution in [2.75, 3.05) is 0 Å². The third-order valence-electron chi connectivity index (χ3n) is 1.42. The molecule has 0 bridgehead atoms. The maximum absolute atomic E-state index is 4.24. The first kappa shape index (κ1) is 11.6. The van der Waals surface area contributed by atoms with Gasteiger partial charge in [0.1, 0.15) is 0 Å². The van der Waals surface area contributed by atoms with Gasteiger partial charge in [0.2, 0.25) is 0 Å². The number of allylic oxidation sites excluding steroid dienone is 5. The van der Waals surface area contributed by atoms with Crippen molar-refractivity contribution in [3.05, 3.63) is 36.0 Å². The second kappa shape index (κ2) is 7.23. The zero-order valence-corrected chi connectivity index (χ0v) is 9.01. The van der Waals surface area contributed by atoms with Crippen LogP contribution in [0.3, 0.4) is 0 Å². The Bertz CT molecular complexity index is 185. The molecule has 1 atom stereocenters. The Morgan fingerprint density at radius 2 is 2.17 bits per heavy atom. The second-order valence-corrected chi connectivity index (χ2v) is 3.67. The summed E-state index contributed by atoms with van der Waals surface area (Å²) in [5.74, 6) is 0. The smallest absolute Gasteiger partial charge is 0.0168 e. The van der Waals surface area contributed by atoms with Gasteiger partial charge in [-0.25, -0.2) is 0 Å². The zero-order chi connectivity index (χ0) is 9.40. The summed E-state index contributed by atoms with van der Waals surface area (Å²) in [6.45, 7) is 6.20. The van der Waals surface area contributed by atoms with Crippen LogP contribution < -0.4 is 0 Å². The normalized spacial score (nSPS) is 16.2. The van der Waals surface area contributed by atoms with Gasteiger partial charge < -0.3 is 0 Å². The summed E-state index contributed by atoms with van der Waals surface area (Å²) in [5.41, 5.74) is 1.31. The molecule has 1 heteroatoms. The molecule has 0 saturated carbocycles. The Balaban J connectivity index is 3.74. The summed E-state index contributed by atoms with van der Waals surface area (Å²) < 4.78 is 0. The van der Waals surface area contributed by atoms with E-state index in [-0.39, 0.29) is 0 Å². The summed E-state index contributed by atoms with van der Waals surface area (Å²) in [6.07, 6.45) is 11.6. The van der Waals surface area contributed by atoms with Crippen LogP contribution in [0, 0.1) is 0 Å². The van der Waals surface area contributed by atoms with Crippen LogP contribution in [0.4, 0.5) is 0 Å². The highest BCUT2D eigenvalue weighted by molar-refractivity contribution is 7.81. The Hall–Kier alpha value is -0.430. The van der Waals surface area contributed by atoms with Crippen molar-refractivity contribution in [1.29, 1.82) is 0 Å². The van der Waals surface area contributed by atoms with E-state index < -0.39 is 0 Å². The molecule has 0 nitrogen and oxygen atoms in total. The molecule has 0 saturated heterocycles. The van der Waals surface area contributed by atoms with Crippen molar-refractivity contribution < 1.29 is 0 Å². The predicted octanol–water partition coefficient (Wildman–Crippen LogP) is 3.77. The van der Waals surface area contributed by atoms with Crippen LogP contribution in [0.5, 0.6) is 0 Å². The average molecular weight is 182 g/mol. The molecule has 68 valence electrons. The van der Waals surface area contributed by atoms with Crippen LogP contribution in [0.25, 0.3) is 0 Å². The molecule has 0 fully saturated rings. The molecule has 0 aliphatic rings. The van der Waals surface area contributed by atoms with Gasteiger partial charge in [0.25, 0.3) is 0 Å². The molecule has 0 amide bonds. The van der Waals surface area contributed by atoms with Gasteiger partial charge in [-0.2, -0.15) is 12.6 Å². The van der Waals surface area contributed by atoms with Gasteiger partial charge >= 0.3 is 0 Å². The topological polar surface area (TPSA) is 0 Å². The van der Waals surface area contributed by atoms with Crippen molar-refractivity contribution >= 4 is 12.6 Å². The van der Waals surface area contributed by atoms with E-state index in [2.05, 4.69) is 56.9 Å². The second-order valence-electron chi connectivity index (χ2n) is 2.85. The molecule has 0 heterocycles. The van der Waals surface area contributed by atoms with Crippen molar-refractivity contribution in [3.8, 4) is 0 Å². The molecule has 0 aromatic rings. The van der Waals surface area contributed by atoms with Gasteiger partial charge in [-0.05, 0) is 20.3 Å². The fourth-order valence-electron chi connectivity index (χ4n) is 0.860. The first-order chi connectivity index (χ1) is 5.66. The minimum absolute atomic E-state index is 0.362. The summed E-state index contributed by atoms with van der Waals surface area (Å²) in [4.78, 5) is 0. The fourth-order valence-corrected chi connectivity index (χ4v) is 0.982. The lowest BCUT2D eigenvalue weighted by Crippen LogP contribution is -1.79. The number of hydrogen-bond acceptors (Lipinski definition) is 1. The van der Waals surface area contributed by atoms with Gasteiger partial charge in [0, 0.05) is 5.25 Å². The molecule has 0 spiro atoms. The predicted molar refractivity (Wildman–Crippen MR) is 60.8 cm³/mol. The van der Waals surface area contributed by atoms with Crippen molar-refractivity contribution in [2.24, 2.45) is 0 Å². The first-order valence-corrected chi connectivity index (χ1v) is 4.82. The van der Waals surface area contributed by atoms with E-state index in [9.17, 15) is 0 Å². The largest absolute Gasteiger partial charge is 0.172 e. The van der Waals surface area contributed by atoms with Crippen LogP contribution in [0.15, 0.2) is 36.0 Å². The van der Waals surface area contributed by atoms with Crippen molar-refractivity contribution in [1.82, 2.24) is 0 Å². The Morgan fingerprint density at radius 3 is 2.67 bits per heavy atom. The van der Waals surface area contributed by atoms with Gasteiger partial charge in [-0.1, -0.05) is 42.9 Å². The quantitative estimate of drug-likeness (QED) is 0.382. The van der Waals surface area contributed by atoms with E-state index >= 15 is 0 Å². The summed E-state index contributed by atoms with van der Waals surface area (Å²) in [7, 11) is 0. The van der Waals surface area contributed by atoms with Crippen LogP contribution in [-0.4, -0.2) is 5.25 Å². The lowest BCUT2D eigenvalue weighted by Gasteiger charge is -1.92. The molecular formula is C11H18S. The van der Waals surface area contributed by atoms with E-state index in [4.69, 9.17) is 0 Å². The van der Waals surface area contributed by atoms with E-state index in [1.54, 1.807) is 0 Å². The SMILES string of the molecule is C/C=C\C(C)=C/C/C=C\C(C)S. The molecule has 0 aromatic carbocycles. The van der Waals surface area contributed by atoms with Gasteiger partial charge in [-0.3, -0.25) is 0 Å². The van der Waals surface area contributed by atoms with Crippen LogP contribution >= 0.6 is 12.6 Å². The summed E-state index contributed by atoms with van der Waals surface area (Å²) >= 11 is 4.24. The maximum Gasteiger partial charge on any atom is 0.0168 e. The van der Waals surface area contributed by atoms with Gasteiger partial charge in [0.05, 0.1) is 0 Å². The molecular weight excluding hydrogens is 164 g/mol. The average Bonchev–Trinajstić information content (AvgIpc) is 1.98. The standard InChI is InChI=1S/C11H18S/c1-4-7-10(2)8-5-6-9-11(3)12/h4,6-9,11-12H,5H2,1-3H3/b7-4-,9-6-,10-8-. The third-order valence-corrected chi connectivity index (χ3v) is 1.59. The van der Waals surface area contributed by atoms with Crippen LogP contribution in [0.2, 0.25) is 0 Å². The monoisotopic (exact) mass is 182 g/mol. The van der Waals surface area contributed by atoms with Crippen molar-refractivity contribution in [3.63, 3.8) is 0 Å². The first-order valence-electron chi connectivity index (χ1n) is 4.31. The van der Waals surface area contributed by atoms with Crippen molar-refractivity contribution in [2.45, 2.75) is 32.4 Å². The minimum atomic E-state index is 0.362. The lowest BCUT2D eigenvalue weighted by atomic mass is 10.2. The molecule has 0 radical (unpaired) electrons. The maximum atomic E-state index is 4.24. The Morgan fingerprint density at radius 1 is 1.50 bits per heavy atom. The van der Waals surface area contributed by atoms with Gasteiger partial charge in [0.15, 0.2) is 0 Å². The lowest BCUT2D eigenvalue weighted by molar-refractivity contribution is 1.22. The van der Waals surface area contributed by atoms with E-state index in [0.717, 1.165) is 6.42 Å². The van der Waals surface area contributed by atoms with E-state index in [0.29, 0.717) is 5.25 Å². The van der Waals surface area contributed by atoms with Gasteiger partial charge in [-0.15, -0.1) is 0 Å². The molecule has 0 aromatic heterocycles. The van der Waals surface area contributed by atoms with E-state index in [1.165, 1.54) is 5.57 Å². The molecule has 0 N–H and O–H groups in total. The number of thiol groups is 1. The van der Waals surface area contributed by atoms with E-state index in [1.807, 2.05) is 6.92 Å². The fraction of sp³-hybridized carbons (Fsp3) is 0.455. The minimum Gasteiger partial charge on any atom is -0.172 e.